The Morgan fingerprint density at radius 2 is 1.96 bits per heavy atom. The summed E-state index contributed by atoms with van der Waals surface area (Å²) < 4.78 is 0. The van der Waals surface area contributed by atoms with Crippen molar-refractivity contribution in [2.45, 2.75) is 44.6 Å². The van der Waals surface area contributed by atoms with Gasteiger partial charge in [-0.15, -0.1) is 11.3 Å². The predicted octanol–water partition coefficient (Wildman–Crippen LogP) is 4.05. The fraction of sp³-hybridized carbons (Fsp3) is 0.474. The Labute approximate surface area is 147 Å². The fourth-order valence-electron chi connectivity index (χ4n) is 3.50. The molecule has 1 fully saturated rings. The molecule has 1 saturated carbocycles. The lowest BCUT2D eigenvalue weighted by atomic mass is 9.81. The first-order chi connectivity index (χ1) is 11.6. The van der Waals surface area contributed by atoms with Crippen molar-refractivity contribution >= 4 is 22.4 Å². The molecule has 5 heteroatoms. The molecule has 1 aliphatic rings. The first-order valence-electron chi connectivity index (χ1n) is 8.59. The van der Waals surface area contributed by atoms with Gasteiger partial charge in [0.2, 0.25) is 5.91 Å². The highest BCUT2D eigenvalue weighted by Gasteiger charge is 2.25. The maximum absolute atomic E-state index is 12.2. The predicted molar refractivity (Wildman–Crippen MR) is 99.5 cm³/mol. The highest BCUT2D eigenvalue weighted by atomic mass is 32.1. The molecule has 1 aromatic heterocycles. The maximum atomic E-state index is 12.2. The van der Waals surface area contributed by atoms with Gasteiger partial charge in [0.25, 0.3) is 0 Å². The van der Waals surface area contributed by atoms with Crippen LogP contribution in [0.15, 0.2) is 35.7 Å². The quantitative estimate of drug-likeness (QED) is 0.891. The number of amides is 1. The number of aromatic nitrogens is 1. The second-order valence-corrected chi connectivity index (χ2v) is 7.53. The van der Waals surface area contributed by atoms with Crippen LogP contribution >= 0.6 is 11.3 Å². The van der Waals surface area contributed by atoms with Crippen LogP contribution in [-0.4, -0.2) is 35.4 Å². The third-order valence-corrected chi connectivity index (χ3v) is 5.72. The van der Waals surface area contributed by atoms with Crippen LogP contribution in [0.1, 0.15) is 42.9 Å². The van der Waals surface area contributed by atoms with Gasteiger partial charge in [-0.2, -0.15) is 0 Å². The van der Waals surface area contributed by atoms with E-state index in [4.69, 9.17) is 0 Å². The van der Waals surface area contributed by atoms with Crippen molar-refractivity contribution in [3.05, 3.63) is 47.0 Å². The van der Waals surface area contributed by atoms with Crippen molar-refractivity contribution in [2.75, 3.05) is 18.9 Å². The molecule has 0 spiro atoms. The molecule has 0 bridgehead atoms. The van der Waals surface area contributed by atoms with E-state index in [1.54, 1.807) is 0 Å². The molecule has 0 aliphatic heterocycles. The average molecular weight is 343 g/mol. The van der Waals surface area contributed by atoms with Crippen molar-refractivity contribution in [1.82, 2.24) is 9.88 Å². The second-order valence-electron chi connectivity index (χ2n) is 6.67. The summed E-state index contributed by atoms with van der Waals surface area (Å²) in [5.74, 6) is 0.694. The van der Waals surface area contributed by atoms with E-state index in [0.717, 1.165) is 18.5 Å². The van der Waals surface area contributed by atoms with Gasteiger partial charge in [0.05, 0.1) is 12.2 Å². The number of benzene rings is 1. The van der Waals surface area contributed by atoms with Crippen LogP contribution in [0.5, 0.6) is 0 Å². The number of aryl methyl sites for hydroxylation is 1. The van der Waals surface area contributed by atoms with Crippen LogP contribution in [-0.2, 0) is 4.79 Å². The number of likely N-dealkylation sites (N-methyl/N-ethyl adjacent to an activating group) is 1. The minimum absolute atomic E-state index is 0.0250. The Balaban J connectivity index is 1.46. The van der Waals surface area contributed by atoms with Crippen molar-refractivity contribution in [3.8, 4) is 0 Å². The summed E-state index contributed by atoms with van der Waals surface area (Å²) in [6.07, 6.45) is 4.71. The lowest BCUT2D eigenvalue weighted by Crippen LogP contribution is -2.39. The molecule has 1 amide bonds. The normalized spacial score (nSPS) is 21.0. The molecule has 0 unspecified atom stereocenters. The fourth-order valence-corrected chi connectivity index (χ4v) is 4.21. The Kier molecular flexibility index (Phi) is 5.63. The third-order valence-electron chi connectivity index (χ3n) is 4.85. The summed E-state index contributed by atoms with van der Waals surface area (Å²) in [6.45, 7) is 2.36. The van der Waals surface area contributed by atoms with Crippen LogP contribution in [0.3, 0.4) is 0 Å². The lowest BCUT2D eigenvalue weighted by Gasteiger charge is -2.34. The van der Waals surface area contributed by atoms with E-state index in [1.807, 2.05) is 12.3 Å². The summed E-state index contributed by atoms with van der Waals surface area (Å²) in [6, 6.07) is 11.3. The topological polar surface area (TPSA) is 45.2 Å². The van der Waals surface area contributed by atoms with Crippen LogP contribution in [0, 0.1) is 6.92 Å². The molecular formula is C19H25N3OS. The largest absolute Gasteiger partial charge is 0.301 e. The summed E-state index contributed by atoms with van der Waals surface area (Å²) in [7, 11) is 2.06. The van der Waals surface area contributed by atoms with Gasteiger partial charge in [-0.3, -0.25) is 9.69 Å². The molecule has 1 N–H and O–H groups in total. The van der Waals surface area contributed by atoms with Crippen LogP contribution < -0.4 is 5.32 Å². The molecular weight excluding hydrogens is 318 g/mol. The van der Waals surface area contributed by atoms with E-state index in [2.05, 4.69) is 52.6 Å². The monoisotopic (exact) mass is 343 g/mol. The molecule has 0 radical (unpaired) electrons. The molecule has 128 valence electrons. The van der Waals surface area contributed by atoms with Gasteiger partial charge in [0.15, 0.2) is 5.13 Å². The molecule has 2 aromatic rings. The van der Waals surface area contributed by atoms with E-state index in [9.17, 15) is 4.79 Å². The first-order valence-corrected chi connectivity index (χ1v) is 9.47. The first kappa shape index (κ1) is 17.1. The van der Waals surface area contributed by atoms with Crippen molar-refractivity contribution in [2.24, 2.45) is 0 Å². The van der Waals surface area contributed by atoms with Gasteiger partial charge in [0, 0.05) is 11.4 Å². The van der Waals surface area contributed by atoms with E-state index in [1.165, 1.54) is 29.7 Å². The molecule has 1 aliphatic carbocycles. The third kappa shape index (κ3) is 4.42. The van der Waals surface area contributed by atoms with Gasteiger partial charge in [-0.1, -0.05) is 30.3 Å². The Morgan fingerprint density at radius 3 is 2.58 bits per heavy atom. The number of carbonyl (C=O) groups excluding carboxylic acids is 1. The number of carbonyl (C=O) groups is 1. The SMILES string of the molecule is Cc1csc(NC(=O)CN(C)C2CCC(c3ccccc3)CC2)n1. The van der Waals surface area contributed by atoms with E-state index >= 15 is 0 Å². The van der Waals surface area contributed by atoms with Gasteiger partial charge < -0.3 is 5.32 Å². The number of nitrogens with zero attached hydrogens (tertiary/aromatic N) is 2. The van der Waals surface area contributed by atoms with Gasteiger partial charge in [-0.05, 0) is 51.1 Å². The standard InChI is InChI=1S/C19H25N3OS/c1-14-13-24-19(20-14)21-18(23)12-22(2)17-10-8-16(9-11-17)15-6-4-3-5-7-15/h3-7,13,16-17H,8-12H2,1-2H3,(H,20,21,23). The highest BCUT2D eigenvalue weighted by molar-refractivity contribution is 7.13. The summed E-state index contributed by atoms with van der Waals surface area (Å²) in [5, 5.41) is 5.54. The molecule has 0 saturated heterocycles. The average Bonchev–Trinajstić information content (AvgIpc) is 3.00. The number of hydrogen-bond donors (Lipinski definition) is 1. The Bertz CT molecular complexity index is 662. The van der Waals surface area contributed by atoms with Gasteiger partial charge >= 0.3 is 0 Å². The maximum Gasteiger partial charge on any atom is 0.240 e. The number of hydrogen-bond acceptors (Lipinski definition) is 4. The molecule has 0 atom stereocenters. The Morgan fingerprint density at radius 1 is 1.25 bits per heavy atom. The minimum atomic E-state index is 0.0250. The smallest absolute Gasteiger partial charge is 0.240 e. The summed E-state index contributed by atoms with van der Waals surface area (Å²) in [4.78, 5) is 18.6. The van der Waals surface area contributed by atoms with Crippen LogP contribution in [0.2, 0.25) is 0 Å². The van der Waals surface area contributed by atoms with Crippen molar-refractivity contribution < 1.29 is 4.79 Å². The summed E-state index contributed by atoms with van der Waals surface area (Å²) >= 11 is 1.48. The van der Waals surface area contributed by atoms with Crippen molar-refractivity contribution in [3.63, 3.8) is 0 Å². The van der Waals surface area contributed by atoms with Crippen LogP contribution in [0.4, 0.5) is 5.13 Å². The molecule has 24 heavy (non-hydrogen) atoms. The number of rotatable bonds is 5. The number of thiazole rings is 1. The number of anilines is 1. The second kappa shape index (κ2) is 7.90. The van der Waals surface area contributed by atoms with Gasteiger partial charge in [0.1, 0.15) is 0 Å². The van der Waals surface area contributed by atoms with Crippen LogP contribution in [0.25, 0.3) is 0 Å². The zero-order valence-corrected chi connectivity index (χ0v) is 15.2. The molecule has 3 rings (SSSR count). The van der Waals surface area contributed by atoms with E-state index < -0.39 is 0 Å². The molecule has 4 nitrogen and oxygen atoms in total. The van der Waals surface area contributed by atoms with E-state index in [0.29, 0.717) is 23.6 Å². The van der Waals surface area contributed by atoms with E-state index in [-0.39, 0.29) is 5.91 Å². The van der Waals surface area contributed by atoms with Crippen molar-refractivity contribution in [1.29, 1.82) is 0 Å². The number of nitrogens with one attached hydrogen (secondary N) is 1. The molecule has 1 aromatic carbocycles. The molecule has 1 heterocycles. The minimum Gasteiger partial charge on any atom is -0.301 e. The lowest BCUT2D eigenvalue weighted by molar-refractivity contribution is -0.117. The summed E-state index contributed by atoms with van der Waals surface area (Å²) in [5.41, 5.74) is 2.40. The zero-order valence-electron chi connectivity index (χ0n) is 14.4. The zero-order chi connectivity index (χ0) is 16.9. The van der Waals surface area contributed by atoms with Gasteiger partial charge in [-0.25, -0.2) is 4.98 Å². The highest BCUT2D eigenvalue weighted by Crippen LogP contribution is 2.34. The Hall–Kier alpha value is -1.72.